The first-order chi connectivity index (χ1) is 27.8. The summed E-state index contributed by atoms with van der Waals surface area (Å²) in [6.45, 7) is 0. The lowest BCUT2D eigenvalue weighted by Gasteiger charge is -2.32. The van der Waals surface area contributed by atoms with Crippen LogP contribution >= 0.6 is 11.3 Å². The van der Waals surface area contributed by atoms with Gasteiger partial charge in [-0.05, 0) is 73.8 Å². The Kier molecular flexibility index (Phi) is 6.72. The highest BCUT2D eigenvalue weighted by Crippen LogP contribution is 2.64. The zero-order valence-corrected chi connectivity index (χ0v) is 31.0. The van der Waals surface area contributed by atoms with Crippen molar-refractivity contribution < 1.29 is 0 Å². The zero-order chi connectivity index (χ0) is 36.8. The van der Waals surface area contributed by atoms with E-state index in [1.807, 2.05) is 18.2 Å². The first-order valence-corrected chi connectivity index (χ1v) is 19.8. The topological polar surface area (TPSA) is 38.7 Å². The maximum absolute atomic E-state index is 5.29. The fourth-order valence-corrected chi connectivity index (χ4v) is 10.7. The summed E-state index contributed by atoms with van der Waals surface area (Å²) >= 11 is 1.80. The summed E-state index contributed by atoms with van der Waals surface area (Å²) in [5, 5.41) is 2.40. The Bertz CT molecular complexity index is 3150. The standard InChI is InChI=1S/C52H31N3S/c1-2-15-32(16-3-1)49-53-50(55-51(54-49)41-25-14-30-46-47(41)40-22-7-11-29-45(40)56-46)34-18-12-17-33(31-34)35-23-13-24-39-38-21-6-10-28-44(38)52(48(35)39)42-26-8-4-19-36(42)37-20-5-9-27-43(37)52/h1-31H. The number of nitrogens with zero attached hydrogens (tertiary/aromatic N) is 3. The molecule has 1 spiro atoms. The van der Waals surface area contributed by atoms with Crippen molar-refractivity contribution in [3.63, 3.8) is 0 Å². The van der Waals surface area contributed by atoms with Gasteiger partial charge in [-0.2, -0.15) is 0 Å². The van der Waals surface area contributed by atoms with Gasteiger partial charge in [-0.15, -0.1) is 11.3 Å². The van der Waals surface area contributed by atoms with Gasteiger partial charge in [0.15, 0.2) is 17.5 Å². The molecule has 12 rings (SSSR count). The summed E-state index contributed by atoms with van der Waals surface area (Å²) in [5.41, 5.74) is 15.3. The van der Waals surface area contributed by atoms with Gasteiger partial charge in [-0.25, -0.2) is 15.0 Å². The third-order valence-electron chi connectivity index (χ3n) is 11.8. The van der Waals surface area contributed by atoms with Gasteiger partial charge in [0.25, 0.3) is 0 Å². The van der Waals surface area contributed by atoms with E-state index in [9.17, 15) is 0 Å². The van der Waals surface area contributed by atoms with E-state index in [0.717, 1.165) is 22.3 Å². The molecule has 0 radical (unpaired) electrons. The molecule has 0 unspecified atom stereocenters. The van der Waals surface area contributed by atoms with E-state index in [4.69, 9.17) is 15.0 Å². The van der Waals surface area contributed by atoms with Crippen LogP contribution in [0.15, 0.2) is 188 Å². The summed E-state index contributed by atoms with van der Waals surface area (Å²) in [6.07, 6.45) is 0. The van der Waals surface area contributed by atoms with Crippen molar-refractivity contribution in [1.29, 1.82) is 0 Å². The number of rotatable bonds is 4. The van der Waals surface area contributed by atoms with E-state index in [2.05, 4.69) is 170 Å². The van der Waals surface area contributed by atoms with Crippen LogP contribution in [0.1, 0.15) is 22.3 Å². The van der Waals surface area contributed by atoms with Gasteiger partial charge < -0.3 is 0 Å². The van der Waals surface area contributed by atoms with Gasteiger partial charge in [0.2, 0.25) is 0 Å². The number of hydrogen-bond acceptors (Lipinski definition) is 4. The van der Waals surface area contributed by atoms with E-state index < -0.39 is 5.41 Å². The normalized spacial score (nSPS) is 13.1. The van der Waals surface area contributed by atoms with Gasteiger partial charge in [0, 0.05) is 36.9 Å². The third kappa shape index (κ3) is 4.36. The predicted octanol–water partition coefficient (Wildman–Crippen LogP) is 13.3. The third-order valence-corrected chi connectivity index (χ3v) is 12.9. The molecule has 0 aliphatic heterocycles. The highest BCUT2D eigenvalue weighted by molar-refractivity contribution is 7.25. The van der Waals surface area contributed by atoms with Gasteiger partial charge in [-0.1, -0.05) is 170 Å². The number of thiophene rings is 1. The molecule has 0 saturated carbocycles. The van der Waals surface area contributed by atoms with Crippen LogP contribution < -0.4 is 0 Å². The van der Waals surface area contributed by atoms with Crippen LogP contribution in [0.4, 0.5) is 0 Å². The molecule has 4 heteroatoms. The van der Waals surface area contributed by atoms with E-state index in [1.54, 1.807) is 11.3 Å². The van der Waals surface area contributed by atoms with Crippen LogP contribution in [0.5, 0.6) is 0 Å². The highest BCUT2D eigenvalue weighted by Gasteiger charge is 2.52. The van der Waals surface area contributed by atoms with E-state index in [1.165, 1.54) is 70.2 Å². The number of benzene rings is 8. The Hall–Kier alpha value is -7.01. The molecular weight excluding hydrogens is 699 g/mol. The lowest BCUT2D eigenvalue weighted by Crippen LogP contribution is -2.26. The molecule has 0 N–H and O–H groups in total. The second-order valence-electron chi connectivity index (χ2n) is 14.6. The molecule has 10 aromatic rings. The SMILES string of the molecule is c1ccc(-c2nc(-c3cccc(-c4cccc5c4C4(c6ccccc6-c6ccccc64)c4ccccc4-5)c3)nc(-c3cccc4sc5ccccc5c34)n2)cc1. The van der Waals surface area contributed by atoms with Crippen LogP contribution in [-0.2, 0) is 5.41 Å². The van der Waals surface area contributed by atoms with E-state index >= 15 is 0 Å². The van der Waals surface area contributed by atoms with Crippen LogP contribution in [0.3, 0.4) is 0 Å². The average molecular weight is 730 g/mol. The maximum Gasteiger partial charge on any atom is 0.164 e. The van der Waals surface area contributed by atoms with Crippen LogP contribution in [-0.4, -0.2) is 15.0 Å². The molecule has 2 aromatic heterocycles. The predicted molar refractivity (Wildman–Crippen MR) is 231 cm³/mol. The van der Waals surface area contributed by atoms with E-state index in [0.29, 0.717) is 17.5 Å². The highest BCUT2D eigenvalue weighted by atomic mass is 32.1. The molecule has 2 heterocycles. The Morgan fingerprint density at radius 3 is 1.57 bits per heavy atom. The monoisotopic (exact) mass is 729 g/mol. The minimum Gasteiger partial charge on any atom is -0.208 e. The first kappa shape index (κ1) is 31.4. The minimum absolute atomic E-state index is 0.450. The summed E-state index contributed by atoms with van der Waals surface area (Å²) in [6, 6.07) is 67.9. The number of hydrogen-bond donors (Lipinski definition) is 0. The van der Waals surface area contributed by atoms with Crippen molar-refractivity contribution in [2.75, 3.05) is 0 Å². The second kappa shape index (κ2) is 12.0. The number of fused-ring (bicyclic) bond motifs is 13. The quantitative estimate of drug-likeness (QED) is 0.181. The van der Waals surface area contributed by atoms with Crippen molar-refractivity contribution in [3.05, 3.63) is 210 Å². The molecule has 0 fully saturated rings. The van der Waals surface area contributed by atoms with Crippen molar-refractivity contribution in [1.82, 2.24) is 15.0 Å². The largest absolute Gasteiger partial charge is 0.208 e. The van der Waals surface area contributed by atoms with Crippen LogP contribution in [0, 0.1) is 0 Å². The molecule has 2 aliphatic carbocycles. The molecule has 0 saturated heterocycles. The van der Waals surface area contributed by atoms with Crippen molar-refractivity contribution >= 4 is 31.5 Å². The molecule has 3 nitrogen and oxygen atoms in total. The lowest BCUT2D eigenvalue weighted by molar-refractivity contribution is 0.796. The summed E-state index contributed by atoms with van der Waals surface area (Å²) < 4.78 is 2.47. The Labute approximate surface area is 328 Å². The molecule has 56 heavy (non-hydrogen) atoms. The Morgan fingerprint density at radius 2 is 0.821 bits per heavy atom. The molecule has 260 valence electrons. The van der Waals surface area contributed by atoms with Crippen molar-refractivity contribution in [3.8, 4) is 67.5 Å². The molecule has 0 atom stereocenters. The van der Waals surface area contributed by atoms with Crippen molar-refractivity contribution in [2.45, 2.75) is 5.41 Å². The Morgan fingerprint density at radius 1 is 0.339 bits per heavy atom. The van der Waals surface area contributed by atoms with Crippen LogP contribution in [0.2, 0.25) is 0 Å². The maximum atomic E-state index is 5.29. The molecular formula is C52H31N3S. The first-order valence-electron chi connectivity index (χ1n) is 19.0. The van der Waals surface area contributed by atoms with Gasteiger partial charge >= 0.3 is 0 Å². The average Bonchev–Trinajstić information content (AvgIpc) is 3.91. The summed E-state index contributed by atoms with van der Waals surface area (Å²) in [7, 11) is 0. The van der Waals surface area contributed by atoms with Gasteiger partial charge in [0.05, 0.1) is 5.41 Å². The van der Waals surface area contributed by atoms with E-state index in [-0.39, 0.29) is 0 Å². The molecule has 2 aliphatic rings. The van der Waals surface area contributed by atoms with Gasteiger partial charge in [-0.3, -0.25) is 0 Å². The molecule has 0 amide bonds. The van der Waals surface area contributed by atoms with Crippen LogP contribution in [0.25, 0.3) is 87.7 Å². The summed E-state index contributed by atoms with van der Waals surface area (Å²) in [4.78, 5) is 15.6. The second-order valence-corrected chi connectivity index (χ2v) is 15.7. The Balaban J connectivity index is 1.09. The fraction of sp³-hybridized carbons (Fsp3) is 0.0192. The fourth-order valence-electron chi connectivity index (χ4n) is 9.52. The van der Waals surface area contributed by atoms with Gasteiger partial charge in [0.1, 0.15) is 0 Å². The lowest BCUT2D eigenvalue weighted by atomic mass is 9.68. The summed E-state index contributed by atoms with van der Waals surface area (Å²) in [5.74, 6) is 1.97. The zero-order valence-electron chi connectivity index (χ0n) is 30.1. The molecule has 8 aromatic carbocycles. The van der Waals surface area contributed by atoms with Crippen molar-refractivity contribution in [2.24, 2.45) is 0 Å². The smallest absolute Gasteiger partial charge is 0.164 e. The minimum atomic E-state index is -0.450. The molecule has 0 bridgehead atoms. The number of aromatic nitrogens is 3.